The Labute approximate surface area is 146 Å². The van der Waals surface area contributed by atoms with Crippen molar-refractivity contribution in [1.82, 2.24) is 4.90 Å². The van der Waals surface area contributed by atoms with E-state index in [2.05, 4.69) is 17.1 Å². The number of amides is 1. The van der Waals surface area contributed by atoms with Gasteiger partial charge in [-0.15, -0.1) is 0 Å². The normalized spacial score (nSPS) is 13.6. The summed E-state index contributed by atoms with van der Waals surface area (Å²) in [7, 11) is 4.02. The molecule has 0 radical (unpaired) electrons. The molecule has 0 aliphatic rings. The standard InChI is InChI=1S/C19H32N2O3/c1-6-8-13-19(3,24-7-2)18(22)20-16-9-11-17(12-10-16)23-15-14-21(4)5/h9-12H,6-8,13-15H2,1-5H3,(H,20,22). The second-order valence-electron chi connectivity index (χ2n) is 6.40. The maximum Gasteiger partial charge on any atom is 0.256 e. The van der Waals surface area contributed by atoms with E-state index in [1.807, 2.05) is 52.2 Å². The maximum atomic E-state index is 12.6. The third-order valence-corrected chi connectivity index (χ3v) is 3.87. The molecule has 136 valence electrons. The van der Waals surface area contributed by atoms with Crippen LogP contribution in [0.1, 0.15) is 40.0 Å². The number of carbonyl (C=O) groups excluding carboxylic acids is 1. The van der Waals surface area contributed by atoms with Crippen LogP contribution in [-0.2, 0) is 9.53 Å². The molecule has 1 atom stereocenters. The van der Waals surface area contributed by atoms with E-state index in [1.54, 1.807) is 0 Å². The summed E-state index contributed by atoms with van der Waals surface area (Å²) in [6.07, 6.45) is 2.71. The Morgan fingerprint density at radius 1 is 1.21 bits per heavy atom. The Morgan fingerprint density at radius 2 is 1.88 bits per heavy atom. The van der Waals surface area contributed by atoms with Gasteiger partial charge in [-0.3, -0.25) is 4.79 Å². The maximum absolute atomic E-state index is 12.6. The van der Waals surface area contributed by atoms with E-state index in [1.165, 1.54) is 0 Å². The molecule has 0 aliphatic heterocycles. The SMILES string of the molecule is CCCCC(C)(OCC)C(=O)Nc1ccc(OCCN(C)C)cc1. The van der Waals surface area contributed by atoms with Crippen molar-refractivity contribution in [3.63, 3.8) is 0 Å². The van der Waals surface area contributed by atoms with Gasteiger partial charge in [-0.25, -0.2) is 0 Å². The van der Waals surface area contributed by atoms with E-state index < -0.39 is 5.60 Å². The van der Waals surface area contributed by atoms with Gasteiger partial charge >= 0.3 is 0 Å². The third-order valence-electron chi connectivity index (χ3n) is 3.87. The van der Waals surface area contributed by atoms with E-state index in [0.29, 0.717) is 13.2 Å². The zero-order valence-electron chi connectivity index (χ0n) is 15.7. The second-order valence-corrected chi connectivity index (χ2v) is 6.40. The molecule has 1 unspecified atom stereocenters. The van der Waals surface area contributed by atoms with Gasteiger partial charge in [0.05, 0.1) is 0 Å². The first-order valence-electron chi connectivity index (χ1n) is 8.74. The smallest absolute Gasteiger partial charge is 0.256 e. The van der Waals surface area contributed by atoms with Crippen LogP contribution in [0.5, 0.6) is 5.75 Å². The fourth-order valence-electron chi connectivity index (χ4n) is 2.33. The molecule has 1 aromatic carbocycles. The Morgan fingerprint density at radius 3 is 2.42 bits per heavy atom. The summed E-state index contributed by atoms with van der Waals surface area (Å²) in [5, 5.41) is 2.95. The number of carbonyl (C=O) groups is 1. The van der Waals surface area contributed by atoms with Gasteiger partial charge in [-0.1, -0.05) is 19.8 Å². The van der Waals surface area contributed by atoms with Gasteiger partial charge in [-0.2, -0.15) is 0 Å². The van der Waals surface area contributed by atoms with Crippen molar-refractivity contribution in [2.75, 3.05) is 39.2 Å². The van der Waals surface area contributed by atoms with Crippen molar-refractivity contribution in [3.05, 3.63) is 24.3 Å². The molecule has 0 fully saturated rings. The van der Waals surface area contributed by atoms with Crippen LogP contribution >= 0.6 is 0 Å². The molecule has 0 heterocycles. The molecule has 0 aromatic heterocycles. The van der Waals surface area contributed by atoms with E-state index in [9.17, 15) is 4.79 Å². The summed E-state index contributed by atoms with van der Waals surface area (Å²) in [6.45, 7) is 7.91. The number of benzene rings is 1. The predicted molar refractivity (Wildman–Crippen MR) is 98.7 cm³/mol. The van der Waals surface area contributed by atoms with Crippen LogP contribution in [-0.4, -0.2) is 50.3 Å². The zero-order chi connectivity index (χ0) is 18.0. The molecule has 5 heteroatoms. The summed E-state index contributed by atoms with van der Waals surface area (Å²) in [5.41, 5.74) is -0.0339. The number of hydrogen-bond donors (Lipinski definition) is 1. The molecule has 5 nitrogen and oxygen atoms in total. The first-order valence-corrected chi connectivity index (χ1v) is 8.74. The zero-order valence-corrected chi connectivity index (χ0v) is 15.7. The number of ether oxygens (including phenoxy) is 2. The molecule has 0 bridgehead atoms. The first-order chi connectivity index (χ1) is 11.4. The molecule has 0 saturated heterocycles. The Bertz CT molecular complexity index is 488. The molecular weight excluding hydrogens is 304 g/mol. The van der Waals surface area contributed by atoms with E-state index >= 15 is 0 Å². The van der Waals surface area contributed by atoms with Crippen LogP contribution in [0.3, 0.4) is 0 Å². The van der Waals surface area contributed by atoms with Gasteiger partial charge in [0.1, 0.15) is 18.0 Å². The number of anilines is 1. The Balaban J connectivity index is 2.61. The van der Waals surface area contributed by atoms with Crippen LogP contribution in [0.15, 0.2) is 24.3 Å². The van der Waals surface area contributed by atoms with Crippen molar-refractivity contribution < 1.29 is 14.3 Å². The first kappa shape index (κ1) is 20.5. The van der Waals surface area contributed by atoms with E-state index in [-0.39, 0.29) is 5.91 Å². The fourth-order valence-corrected chi connectivity index (χ4v) is 2.33. The van der Waals surface area contributed by atoms with Crippen LogP contribution < -0.4 is 10.1 Å². The van der Waals surface area contributed by atoms with Crippen molar-refractivity contribution in [2.24, 2.45) is 0 Å². The van der Waals surface area contributed by atoms with Gasteiger partial charge in [-0.05, 0) is 58.6 Å². The van der Waals surface area contributed by atoms with Crippen molar-refractivity contribution in [3.8, 4) is 5.75 Å². The minimum Gasteiger partial charge on any atom is -0.492 e. The van der Waals surface area contributed by atoms with Crippen molar-refractivity contribution >= 4 is 11.6 Å². The number of unbranched alkanes of at least 4 members (excludes halogenated alkanes) is 1. The third kappa shape index (κ3) is 6.89. The van der Waals surface area contributed by atoms with E-state index in [0.717, 1.165) is 37.2 Å². The molecule has 1 rings (SSSR count). The highest BCUT2D eigenvalue weighted by Gasteiger charge is 2.33. The number of hydrogen-bond acceptors (Lipinski definition) is 4. The minimum atomic E-state index is -0.786. The molecule has 0 saturated carbocycles. The molecule has 24 heavy (non-hydrogen) atoms. The molecule has 1 amide bonds. The predicted octanol–water partition coefficient (Wildman–Crippen LogP) is 3.55. The average Bonchev–Trinajstić information content (AvgIpc) is 2.54. The van der Waals surface area contributed by atoms with Crippen molar-refractivity contribution in [2.45, 2.75) is 45.6 Å². The summed E-state index contributed by atoms with van der Waals surface area (Å²) in [5.74, 6) is 0.701. The fraction of sp³-hybridized carbons (Fsp3) is 0.632. The van der Waals surface area contributed by atoms with Crippen LogP contribution in [0.4, 0.5) is 5.69 Å². The Kier molecular flexibility index (Phi) is 8.79. The summed E-state index contributed by atoms with van der Waals surface area (Å²) in [6, 6.07) is 7.45. The number of nitrogens with zero attached hydrogens (tertiary/aromatic N) is 1. The lowest BCUT2D eigenvalue weighted by atomic mass is 9.97. The molecular formula is C19H32N2O3. The van der Waals surface area contributed by atoms with Gasteiger partial charge in [0.15, 0.2) is 0 Å². The quantitative estimate of drug-likeness (QED) is 0.671. The lowest BCUT2D eigenvalue weighted by molar-refractivity contribution is -0.139. The summed E-state index contributed by atoms with van der Waals surface area (Å²) < 4.78 is 11.4. The van der Waals surface area contributed by atoms with Gasteiger partial charge in [0, 0.05) is 18.8 Å². The topological polar surface area (TPSA) is 50.8 Å². The molecule has 0 spiro atoms. The summed E-state index contributed by atoms with van der Waals surface area (Å²) >= 11 is 0. The van der Waals surface area contributed by atoms with Crippen LogP contribution in [0.2, 0.25) is 0 Å². The highest BCUT2D eigenvalue weighted by molar-refractivity contribution is 5.97. The van der Waals surface area contributed by atoms with Gasteiger partial charge in [0.25, 0.3) is 5.91 Å². The lowest BCUT2D eigenvalue weighted by Gasteiger charge is -2.28. The Hall–Kier alpha value is -1.59. The van der Waals surface area contributed by atoms with Gasteiger partial charge < -0.3 is 19.7 Å². The monoisotopic (exact) mass is 336 g/mol. The van der Waals surface area contributed by atoms with Crippen LogP contribution in [0, 0.1) is 0 Å². The van der Waals surface area contributed by atoms with Crippen molar-refractivity contribution in [1.29, 1.82) is 0 Å². The number of nitrogens with one attached hydrogen (secondary N) is 1. The number of rotatable bonds is 11. The van der Waals surface area contributed by atoms with E-state index in [4.69, 9.17) is 9.47 Å². The largest absolute Gasteiger partial charge is 0.492 e. The average molecular weight is 336 g/mol. The molecule has 0 aliphatic carbocycles. The highest BCUT2D eigenvalue weighted by Crippen LogP contribution is 2.23. The molecule has 1 aromatic rings. The number of likely N-dealkylation sites (N-methyl/N-ethyl adjacent to an activating group) is 1. The van der Waals surface area contributed by atoms with Gasteiger partial charge in [0.2, 0.25) is 0 Å². The second kappa shape index (κ2) is 10.3. The molecule has 1 N–H and O–H groups in total. The van der Waals surface area contributed by atoms with Crippen LogP contribution in [0.25, 0.3) is 0 Å². The highest BCUT2D eigenvalue weighted by atomic mass is 16.5. The summed E-state index contributed by atoms with van der Waals surface area (Å²) in [4.78, 5) is 14.7. The lowest BCUT2D eigenvalue weighted by Crippen LogP contribution is -2.42. The minimum absolute atomic E-state index is 0.0981.